The molecule has 1 saturated heterocycles. The Morgan fingerprint density at radius 2 is 2.17 bits per heavy atom. The fraction of sp³-hybridized carbons (Fsp3) is 0.267. The quantitative estimate of drug-likeness (QED) is 0.544. The van der Waals surface area contributed by atoms with Crippen molar-refractivity contribution in [3.63, 3.8) is 0 Å². The molecule has 0 aromatic heterocycles. The minimum absolute atomic E-state index is 0.0601. The number of carboxylic acids is 1. The lowest BCUT2D eigenvalue weighted by atomic mass is 10.0. The van der Waals surface area contributed by atoms with Crippen LogP contribution in [0.4, 0.5) is 0 Å². The van der Waals surface area contributed by atoms with E-state index >= 15 is 0 Å². The number of aliphatic hydroxyl groups excluding tert-OH is 1. The number of phenolic OH excluding ortho intramolecular Hbond substituents is 1. The van der Waals surface area contributed by atoms with Crippen molar-refractivity contribution in [2.24, 2.45) is 4.99 Å². The van der Waals surface area contributed by atoms with Crippen LogP contribution >= 0.6 is 11.8 Å². The van der Waals surface area contributed by atoms with Crippen molar-refractivity contribution in [1.29, 1.82) is 0 Å². The van der Waals surface area contributed by atoms with E-state index in [9.17, 15) is 24.9 Å². The number of thioether (sulfide) groups is 1. The van der Waals surface area contributed by atoms with Crippen molar-refractivity contribution >= 4 is 29.9 Å². The number of hydrogen-bond acceptors (Lipinski definition) is 6. The predicted octanol–water partition coefficient (Wildman–Crippen LogP) is 0.426. The molecule has 1 aromatic rings. The summed E-state index contributed by atoms with van der Waals surface area (Å²) in [7, 11) is 0. The molecular weight excluding hydrogens is 320 g/mol. The Kier molecular flexibility index (Phi) is 4.10. The molecule has 2 heterocycles. The Hall–Kier alpha value is -2.32. The van der Waals surface area contributed by atoms with Crippen molar-refractivity contribution in [3.05, 3.63) is 41.1 Å². The molecule has 0 radical (unpaired) electrons. The highest BCUT2D eigenvalue weighted by molar-refractivity contribution is 8.00. The van der Waals surface area contributed by atoms with Crippen molar-refractivity contribution in [2.75, 3.05) is 12.4 Å². The van der Waals surface area contributed by atoms with E-state index in [-0.39, 0.29) is 11.4 Å². The van der Waals surface area contributed by atoms with Crippen LogP contribution in [0.5, 0.6) is 5.75 Å². The fourth-order valence-electron chi connectivity index (χ4n) is 2.55. The number of benzene rings is 1. The van der Waals surface area contributed by atoms with Crippen LogP contribution in [-0.2, 0) is 9.59 Å². The Morgan fingerprint density at radius 1 is 1.43 bits per heavy atom. The molecule has 0 bridgehead atoms. The summed E-state index contributed by atoms with van der Waals surface area (Å²) in [5.41, 5.74) is 0.676. The van der Waals surface area contributed by atoms with Gasteiger partial charge in [-0.15, -0.1) is 11.8 Å². The van der Waals surface area contributed by atoms with Gasteiger partial charge in [0.1, 0.15) is 16.8 Å². The number of aliphatic carboxylic acids is 1. The zero-order valence-corrected chi connectivity index (χ0v) is 12.7. The number of aromatic hydroxyl groups is 1. The van der Waals surface area contributed by atoms with Gasteiger partial charge in [-0.3, -0.25) is 14.7 Å². The molecule has 7 nitrogen and oxygen atoms in total. The number of rotatable bonds is 4. The van der Waals surface area contributed by atoms with Gasteiger partial charge in [-0.25, -0.2) is 4.79 Å². The first-order valence-electron chi connectivity index (χ1n) is 6.86. The third-order valence-electron chi connectivity index (χ3n) is 3.72. The van der Waals surface area contributed by atoms with Crippen LogP contribution in [0.25, 0.3) is 0 Å². The van der Waals surface area contributed by atoms with Crippen LogP contribution in [-0.4, -0.2) is 62.1 Å². The molecule has 2 aliphatic rings. The summed E-state index contributed by atoms with van der Waals surface area (Å²) in [6, 6.07) is 5.92. The van der Waals surface area contributed by atoms with E-state index in [4.69, 9.17) is 0 Å². The largest absolute Gasteiger partial charge is 0.507 e. The van der Waals surface area contributed by atoms with Gasteiger partial charge in [0.25, 0.3) is 5.91 Å². The number of fused-ring (bicyclic) bond motifs is 1. The summed E-state index contributed by atoms with van der Waals surface area (Å²) in [5, 5.41) is 27.8. The molecule has 0 spiro atoms. The van der Waals surface area contributed by atoms with Gasteiger partial charge < -0.3 is 15.3 Å². The van der Waals surface area contributed by atoms with Crippen LogP contribution in [0.15, 0.2) is 40.5 Å². The summed E-state index contributed by atoms with van der Waals surface area (Å²) < 4.78 is 0. The monoisotopic (exact) mass is 334 g/mol. The number of carbonyl (C=O) groups is 2. The van der Waals surface area contributed by atoms with Crippen LogP contribution in [0.2, 0.25) is 0 Å². The van der Waals surface area contributed by atoms with Crippen LogP contribution in [0, 0.1) is 0 Å². The molecule has 1 aromatic carbocycles. The van der Waals surface area contributed by atoms with E-state index in [1.54, 1.807) is 18.2 Å². The number of carbonyl (C=O) groups excluding carboxylic acids is 1. The lowest BCUT2D eigenvalue weighted by molar-refractivity contribution is -0.147. The van der Waals surface area contributed by atoms with Gasteiger partial charge in [-0.2, -0.15) is 0 Å². The summed E-state index contributed by atoms with van der Waals surface area (Å²) in [6.45, 7) is -0.392. The molecule has 3 rings (SSSR count). The van der Waals surface area contributed by atoms with E-state index in [1.807, 2.05) is 0 Å². The number of phenols is 1. The SMILES string of the molecule is O=C(O)C1=C(CO)CS[C@H]2[C@H](N=Cc3ccccc3O)C(=O)N12. The van der Waals surface area contributed by atoms with Crippen LogP contribution in [0.3, 0.4) is 0 Å². The Balaban J connectivity index is 1.83. The molecule has 120 valence electrons. The van der Waals surface area contributed by atoms with Crippen LogP contribution in [0.1, 0.15) is 5.56 Å². The fourth-order valence-corrected chi connectivity index (χ4v) is 3.87. The van der Waals surface area contributed by atoms with E-state index in [0.29, 0.717) is 16.9 Å². The topological polar surface area (TPSA) is 110 Å². The molecule has 1 amide bonds. The Bertz CT molecular complexity index is 730. The average Bonchev–Trinajstić information content (AvgIpc) is 2.55. The number of β-lactam (4-membered cyclic amide) rings is 1. The summed E-state index contributed by atoms with van der Waals surface area (Å²) in [5.74, 6) is -1.24. The molecule has 3 N–H and O–H groups in total. The third kappa shape index (κ3) is 2.60. The minimum Gasteiger partial charge on any atom is -0.507 e. The van der Waals surface area contributed by atoms with E-state index < -0.39 is 29.9 Å². The summed E-state index contributed by atoms with van der Waals surface area (Å²) >= 11 is 1.37. The second-order valence-electron chi connectivity index (χ2n) is 5.11. The van der Waals surface area contributed by atoms with E-state index in [2.05, 4.69) is 4.99 Å². The highest BCUT2D eigenvalue weighted by Crippen LogP contribution is 2.41. The number of para-hydroxylation sites is 1. The Morgan fingerprint density at radius 3 is 2.83 bits per heavy atom. The minimum atomic E-state index is -1.23. The normalized spacial score (nSPS) is 23.9. The highest BCUT2D eigenvalue weighted by Gasteiger charge is 2.53. The lowest BCUT2D eigenvalue weighted by Gasteiger charge is -2.47. The van der Waals surface area contributed by atoms with Crippen molar-refractivity contribution in [2.45, 2.75) is 11.4 Å². The molecule has 0 saturated carbocycles. The standard InChI is InChI=1S/C15H14N2O5S/c18-6-9-7-23-14-11(13(20)17(14)12(9)15(21)22)16-5-8-3-1-2-4-10(8)19/h1-5,11,14,18-19H,6-7H2,(H,21,22)/t11-,14+/m1/s1. The smallest absolute Gasteiger partial charge is 0.352 e. The maximum atomic E-state index is 12.2. The van der Waals surface area contributed by atoms with Crippen molar-refractivity contribution in [3.8, 4) is 5.75 Å². The first-order chi connectivity index (χ1) is 11.0. The first kappa shape index (κ1) is 15.6. The molecular formula is C15H14N2O5S. The molecule has 1 fully saturated rings. The summed E-state index contributed by atoms with van der Waals surface area (Å²) in [4.78, 5) is 29.0. The van der Waals surface area contributed by atoms with Gasteiger partial charge in [0, 0.05) is 17.5 Å². The van der Waals surface area contributed by atoms with E-state index in [1.165, 1.54) is 28.9 Å². The van der Waals surface area contributed by atoms with Gasteiger partial charge in [0.2, 0.25) is 0 Å². The number of hydrogen-bond donors (Lipinski definition) is 3. The summed E-state index contributed by atoms with van der Waals surface area (Å²) in [6.07, 6.45) is 1.42. The average molecular weight is 334 g/mol. The second kappa shape index (κ2) is 6.05. The van der Waals surface area contributed by atoms with Crippen LogP contribution < -0.4 is 0 Å². The molecule has 23 heavy (non-hydrogen) atoms. The van der Waals surface area contributed by atoms with Gasteiger partial charge >= 0.3 is 5.97 Å². The van der Waals surface area contributed by atoms with E-state index in [0.717, 1.165) is 0 Å². The molecule has 0 aliphatic carbocycles. The number of nitrogens with zero attached hydrogens (tertiary/aromatic N) is 2. The maximum absolute atomic E-state index is 12.2. The number of amides is 1. The van der Waals surface area contributed by atoms with Gasteiger partial charge in [0.15, 0.2) is 6.04 Å². The lowest BCUT2D eigenvalue weighted by Crippen LogP contribution is -2.64. The molecule has 2 atom stereocenters. The Labute approximate surface area is 135 Å². The zero-order chi connectivity index (χ0) is 16.6. The van der Waals surface area contributed by atoms with Gasteiger partial charge in [-0.05, 0) is 17.7 Å². The van der Waals surface area contributed by atoms with Gasteiger partial charge in [0.05, 0.1) is 6.61 Å². The zero-order valence-electron chi connectivity index (χ0n) is 11.9. The third-order valence-corrected chi connectivity index (χ3v) is 5.05. The second-order valence-corrected chi connectivity index (χ2v) is 6.21. The number of aliphatic imine (C=N–C) groups is 1. The maximum Gasteiger partial charge on any atom is 0.352 e. The highest BCUT2D eigenvalue weighted by atomic mass is 32.2. The molecule has 0 unspecified atom stereocenters. The molecule has 2 aliphatic heterocycles. The number of carboxylic acid groups (broad SMARTS) is 1. The first-order valence-corrected chi connectivity index (χ1v) is 7.91. The molecule has 8 heteroatoms. The van der Waals surface area contributed by atoms with Crippen molar-refractivity contribution < 1.29 is 24.9 Å². The number of aliphatic hydroxyl groups is 1. The van der Waals surface area contributed by atoms with Gasteiger partial charge in [-0.1, -0.05) is 12.1 Å². The predicted molar refractivity (Wildman–Crippen MR) is 84.3 cm³/mol. The van der Waals surface area contributed by atoms with Crippen molar-refractivity contribution in [1.82, 2.24) is 4.90 Å².